The number of aromatic nitrogens is 1. The van der Waals surface area contributed by atoms with Gasteiger partial charge in [0, 0.05) is 17.8 Å². The lowest BCUT2D eigenvalue weighted by atomic mass is 10.2. The minimum absolute atomic E-state index is 0.240. The largest absolute Gasteiger partial charge is 0.495 e. The molecule has 0 unspecified atom stereocenters. The Morgan fingerprint density at radius 1 is 1.17 bits per heavy atom. The fourth-order valence-corrected chi connectivity index (χ4v) is 2.13. The van der Waals surface area contributed by atoms with Crippen LogP contribution in [0.5, 0.6) is 5.75 Å². The van der Waals surface area contributed by atoms with E-state index in [0.29, 0.717) is 17.0 Å². The van der Waals surface area contributed by atoms with E-state index in [2.05, 4.69) is 15.6 Å². The number of hydrogen-bond acceptors (Lipinski definition) is 4. The molecule has 23 heavy (non-hydrogen) atoms. The quantitative estimate of drug-likeness (QED) is 0.887. The number of anilines is 1. The van der Waals surface area contributed by atoms with Gasteiger partial charge < -0.3 is 15.4 Å². The van der Waals surface area contributed by atoms with Crippen LogP contribution in [0, 0.1) is 0 Å². The van der Waals surface area contributed by atoms with Crippen molar-refractivity contribution in [3.8, 4) is 5.75 Å². The first kappa shape index (κ1) is 15.0. The summed E-state index contributed by atoms with van der Waals surface area (Å²) in [6.07, 6.45) is 3.46. The number of para-hydroxylation sites is 2. The van der Waals surface area contributed by atoms with E-state index < -0.39 is 0 Å². The number of pyridine rings is 1. The molecule has 0 bridgehead atoms. The lowest BCUT2D eigenvalue weighted by Gasteiger charge is -2.10. The van der Waals surface area contributed by atoms with E-state index in [1.54, 1.807) is 24.3 Å². The van der Waals surface area contributed by atoms with Gasteiger partial charge >= 0.3 is 0 Å². The van der Waals surface area contributed by atoms with Crippen LogP contribution >= 0.6 is 0 Å². The fraction of sp³-hybridized carbons (Fsp3) is 0.235. The molecule has 0 radical (unpaired) electrons. The van der Waals surface area contributed by atoms with Gasteiger partial charge in [0.15, 0.2) is 0 Å². The van der Waals surface area contributed by atoms with Crippen LogP contribution in [0.4, 0.5) is 5.69 Å². The number of carbonyl (C=O) groups excluding carboxylic acids is 2. The highest BCUT2D eigenvalue weighted by atomic mass is 16.5. The fourth-order valence-electron chi connectivity index (χ4n) is 2.13. The Morgan fingerprint density at radius 3 is 2.70 bits per heavy atom. The summed E-state index contributed by atoms with van der Waals surface area (Å²) in [4.78, 5) is 28.4. The molecule has 1 fully saturated rings. The van der Waals surface area contributed by atoms with E-state index in [1.807, 2.05) is 6.07 Å². The number of nitrogens with zero attached hydrogens (tertiary/aromatic N) is 1. The molecule has 1 aliphatic carbocycles. The first-order chi connectivity index (χ1) is 11.2. The molecule has 2 N–H and O–H groups in total. The zero-order valence-corrected chi connectivity index (χ0v) is 12.7. The van der Waals surface area contributed by atoms with Crippen molar-refractivity contribution in [3.63, 3.8) is 0 Å². The van der Waals surface area contributed by atoms with Gasteiger partial charge in [-0.25, -0.2) is 0 Å². The van der Waals surface area contributed by atoms with Crippen LogP contribution in [0.3, 0.4) is 0 Å². The van der Waals surface area contributed by atoms with Crippen molar-refractivity contribution in [2.24, 2.45) is 0 Å². The second kappa shape index (κ2) is 6.48. The third-order valence-electron chi connectivity index (χ3n) is 3.52. The molecule has 118 valence electrons. The van der Waals surface area contributed by atoms with E-state index in [1.165, 1.54) is 19.4 Å². The van der Waals surface area contributed by atoms with Gasteiger partial charge in [-0.05, 0) is 37.1 Å². The molecule has 1 saturated carbocycles. The maximum absolute atomic E-state index is 12.4. The minimum atomic E-state index is -0.322. The van der Waals surface area contributed by atoms with Crippen LogP contribution < -0.4 is 15.4 Å². The molecule has 1 aliphatic rings. The van der Waals surface area contributed by atoms with Crippen molar-refractivity contribution in [3.05, 3.63) is 53.9 Å². The van der Waals surface area contributed by atoms with Gasteiger partial charge in [0.25, 0.3) is 11.8 Å². The topological polar surface area (TPSA) is 80.3 Å². The standard InChI is InChI=1S/C17H17N3O3/c1-23-15-5-3-2-4-13(15)20-16(21)11-8-9-18-14(10-11)17(22)19-12-6-7-12/h2-5,8-10,12H,6-7H2,1H3,(H,19,22)(H,20,21). The highest BCUT2D eigenvalue weighted by Crippen LogP contribution is 2.23. The number of amides is 2. The number of ether oxygens (including phenoxy) is 1. The molecule has 3 rings (SSSR count). The number of methoxy groups -OCH3 is 1. The maximum atomic E-state index is 12.4. The summed E-state index contributed by atoms with van der Waals surface area (Å²) < 4.78 is 5.20. The molecule has 0 atom stereocenters. The third-order valence-corrected chi connectivity index (χ3v) is 3.52. The highest BCUT2D eigenvalue weighted by molar-refractivity contribution is 6.06. The van der Waals surface area contributed by atoms with Crippen molar-refractivity contribution in [1.29, 1.82) is 0 Å². The number of benzene rings is 1. The van der Waals surface area contributed by atoms with Gasteiger partial charge in [-0.15, -0.1) is 0 Å². The molecule has 6 nitrogen and oxygen atoms in total. The summed E-state index contributed by atoms with van der Waals surface area (Å²) >= 11 is 0. The number of rotatable bonds is 5. The zero-order chi connectivity index (χ0) is 16.2. The molecule has 0 aliphatic heterocycles. The van der Waals surface area contributed by atoms with Crippen molar-refractivity contribution in [2.45, 2.75) is 18.9 Å². The molecular weight excluding hydrogens is 294 g/mol. The lowest BCUT2D eigenvalue weighted by molar-refractivity contribution is 0.0946. The van der Waals surface area contributed by atoms with Gasteiger partial charge in [0.1, 0.15) is 11.4 Å². The molecule has 2 amide bonds. The number of hydrogen-bond donors (Lipinski definition) is 2. The first-order valence-corrected chi connectivity index (χ1v) is 7.38. The summed E-state index contributed by atoms with van der Waals surface area (Å²) in [7, 11) is 1.54. The van der Waals surface area contributed by atoms with Crippen molar-refractivity contribution in [2.75, 3.05) is 12.4 Å². The van der Waals surface area contributed by atoms with Gasteiger partial charge in [-0.2, -0.15) is 0 Å². The Morgan fingerprint density at radius 2 is 1.96 bits per heavy atom. The predicted octanol–water partition coefficient (Wildman–Crippen LogP) is 2.23. The van der Waals surface area contributed by atoms with E-state index in [-0.39, 0.29) is 23.6 Å². The van der Waals surface area contributed by atoms with E-state index in [9.17, 15) is 9.59 Å². The Hall–Kier alpha value is -2.89. The van der Waals surface area contributed by atoms with Crippen LogP contribution in [0.1, 0.15) is 33.7 Å². The second-order valence-electron chi connectivity index (χ2n) is 5.33. The SMILES string of the molecule is COc1ccccc1NC(=O)c1ccnc(C(=O)NC2CC2)c1. The Bertz CT molecular complexity index is 741. The molecule has 1 aromatic heterocycles. The average molecular weight is 311 g/mol. The Balaban J connectivity index is 1.75. The minimum Gasteiger partial charge on any atom is -0.495 e. The number of nitrogens with one attached hydrogen (secondary N) is 2. The molecule has 1 heterocycles. The van der Waals surface area contributed by atoms with Gasteiger partial charge in [-0.1, -0.05) is 12.1 Å². The molecule has 6 heteroatoms. The Kier molecular flexibility index (Phi) is 4.23. The molecule has 1 aromatic carbocycles. The summed E-state index contributed by atoms with van der Waals surface area (Å²) in [5.41, 5.74) is 1.18. The normalized spacial score (nSPS) is 13.3. The van der Waals surface area contributed by atoms with Crippen LogP contribution in [-0.4, -0.2) is 29.9 Å². The number of carbonyl (C=O) groups is 2. The Labute approximate surface area is 133 Å². The summed E-state index contributed by atoms with van der Waals surface area (Å²) in [6.45, 7) is 0. The molecule has 0 saturated heterocycles. The van der Waals surface area contributed by atoms with Gasteiger partial charge in [0.05, 0.1) is 12.8 Å². The summed E-state index contributed by atoms with van der Waals surface area (Å²) in [5, 5.41) is 5.62. The van der Waals surface area contributed by atoms with Crippen LogP contribution in [0.2, 0.25) is 0 Å². The maximum Gasteiger partial charge on any atom is 0.270 e. The first-order valence-electron chi connectivity index (χ1n) is 7.38. The van der Waals surface area contributed by atoms with Crippen LogP contribution in [0.15, 0.2) is 42.6 Å². The van der Waals surface area contributed by atoms with E-state index in [4.69, 9.17) is 4.74 Å². The lowest BCUT2D eigenvalue weighted by Crippen LogP contribution is -2.26. The molecule has 2 aromatic rings. The molecule has 0 spiro atoms. The summed E-state index contributed by atoms with van der Waals surface area (Å²) in [5.74, 6) is -0.00146. The smallest absolute Gasteiger partial charge is 0.270 e. The van der Waals surface area contributed by atoms with E-state index >= 15 is 0 Å². The average Bonchev–Trinajstić information content (AvgIpc) is 3.39. The van der Waals surface area contributed by atoms with Crippen molar-refractivity contribution >= 4 is 17.5 Å². The third kappa shape index (κ3) is 3.66. The van der Waals surface area contributed by atoms with Crippen LogP contribution in [-0.2, 0) is 0 Å². The predicted molar refractivity (Wildman–Crippen MR) is 85.7 cm³/mol. The van der Waals surface area contributed by atoms with Gasteiger partial charge in [0.2, 0.25) is 0 Å². The van der Waals surface area contributed by atoms with Crippen molar-refractivity contribution < 1.29 is 14.3 Å². The van der Waals surface area contributed by atoms with E-state index in [0.717, 1.165) is 12.8 Å². The second-order valence-corrected chi connectivity index (χ2v) is 5.33. The zero-order valence-electron chi connectivity index (χ0n) is 12.7. The highest BCUT2D eigenvalue weighted by Gasteiger charge is 2.24. The molecular formula is C17H17N3O3. The van der Waals surface area contributed by atoms with Gasteiger partial charge in [-0.3, -0.25) is 14.6 Å². The monoisotopic (exact) mass is 311 g/mol. The summed E-state index contributed by atoms with van der Waals surface area (Å²) in [6, 6.07) is 10.4. The van der Waals surface area contributed by atoms with Crippen molar-refractivity contribution in [1.82, 2.24) is 10.3 Å². The van der Waals surface area contributed by atoms with Crippen LogP contribution in [0.25, 0.3) is 0 Å².